The van der Waals surface area contributed by atoms with Gasteiger partial charge in [-0.25, -0.2) is 0 Å². The topological polar surface area (TPSA) is 42.5 Å². The lowest BCUT2D eigenvalue weighted by molar-refractivity contribution is 0.618. The molecule has 0 saturated carbocycles. The number of hydrogen-bond acceptors (Lipinski definition) is 3. The van der Waals surface area contributed by atoms with Gasteiger partial charge in [0.25, 0.3) is 0 Å². The van der Waals surface area contributed by atoms with Crippen molar-refractivity contribution in [1.82, 2.24) is 9.88 Å². The molecule has 2 aromatic heterocycles. The summed E-state index contributed by atoms with van der Waals surface area (Å²) in [4.78, 5) is 5.18. The van der Waals surface area contributed by atoms with Gasteiger partial charge in [0.15, 0.2) is 0 Å². The first-order valence-electron chi connectivity index (χ1n) is 15.6. The van der Waals surface area contributed by atoms with E-state index >= 15 is 0 Å². The van der Waals surface area contributed by atoms with Crippen LogP contribution in [-0.2, 0) is 5.54 Å². The van der Waals surface area contributed by atoms with Gasteiger partial charge in [0.1, 0.15) is 22.5 Å². The smallest absolute Gasteiger partial charge is 0.145 e. The van der Waals surface area contributed by atoms with Crippen LogP contribution in [0.2, 0.25) is 0 Å². The molecule has 2 aliphatic rings. The fraction of sp³-hybridized carbons (Fsp3) is 0.0976. The summed E-state index contributed by atoms with van der Waals surface area (Å²) in [5.74, 6) is 0.866. The van der Waals surface area contributed by atoms with Crippen LogP contribution in [0.1, 0.15) is 30.9 Å². The van der Waals surface area contributed by atoms with Crippen molar-refractivity contribution in [3.05, 3.63) is 151 Å². The molecule has 5 aromatic carbocycles. The second-order valence-electron chi connectivity index (χ2n) is 12.1. The molecule has 1 unspecified atom stereocenters. The SMILES string of the molecule is CC1(c2ccccc2)C=CNC(c2cccc(-c3ccc4c5c6oc7ccccc7c6ccc5n(C5=CCCC=C5)c4c3)c2)=N1. The maximum absolute atomic E-state index is 6.54. The number of nitrogens with one attached hydrogen (secondary N) is 1. The fourth-order valence-corrected chi connectivity index (χ4v) is 7.02. The predicted octanol–water partition coefficient (Wildman–Crippen LogP) is 10.3. The molecule has 0 bridgehead atoms. The van der Waals surface area contributed by atoms with E-state index in [4.69, 9.17) is 9.41 Å². The van der Waals surface area contributed by atoms with E-state index in [0.29, 0.717) is 0 Å². The molecule has 1 N–H and O–H groups in total. The number of amidine groups is 1. The summed E-state index contributed by atoms with van der Waals surface area (Å²) >= 11 is 0. The number of allylic oxidation sites excluding steroid dienone is 4. The lowest BCUT2D eigenvalue weighted by Crippen LogP contribution is -2.30. The molecule has 1 atom stereocenters. The van der Waals surface area contributed by atoms with Crippen molar-refractivity contribution < 1.29 is 4.42 Å². The van der Waals surface area contributed by atoms with Crippen LogP contribution < -0.4 is 5.32 Å². The highest BCUT2D eigenvalue weighted by Crippen LogP contribution is 2.42. The number of nitrogens with zero attached hydrogens (tertiary/aromatic N) is 2. The summed E-state index contributed by atoms with van der Waals surface area (Å²) in [6.45, 7) is 2.16. The first-order valence-corrected chi connectivity index (χ1v) is 15.6. The molecule has 4 nitrogen and oxygen atoms in total. The van der Waals surface area contributed by atoms with Crippen molar-refractivity contribution in [2.24, 2.45) is 4.99 Å². The van der Waals surface area contributed by atoms with Crippen LogP contribution in [-0.4, -0.2) is 10.4 Å². The number of aliphatic imine (C=N–C) groups is 1. The minimum atomic E-state index is -0.430. The van der Waals surface area contributed by atoms with E-state index in [1.54, 1.807) is 0 Å². The van der Waals surface area contributed by atoms with Crippen molar-refractivity contribution in [2.75, 3.05) is 0 Å². The summed E-state index contributed by atoms with van der Waals surface area (Å²) in [7, 11) is 0. The van der Waals surface area contributed by atoms with E-state index in [0.717, 1.165) is 68.2 Å². The third-order valence-corrected chi connectivity index (χ3v) is 9.31. The molecule has 4 heteroatoms. The zero-order valence-corrected chi connectivity index (χ0v) is 25.0. The van der Waals surface area contributed by atoms with Crippen LogP contribution in [0.5, 0.6) is 0 Å². The Morgan fingerprint density at radius 1 is 0.733 bits per heavy atom. The number of hydrogen-bond donors (Lipinski definition) is 1. The molecule has 3 heterocycles. The average molecular weight is 582 g/mol. The molecule has 1 aliphatic carbocycles. The Morgan fingerprint density at radius 2 is 1.56 bits per heavy atom. The van der Waals surface area contributed by atoms with Crippen LogP contribution in [0, 0.1) is 0 Å². The highest BCUT2D eigenvalue weighted by Gasteiger charge is 2.26. The van der Waals surface area contributed by atoms with Crippen LogP contribution in [0.25, 0.3) is 60.6 Å². The second-order valence-corrected chi connectivity index (χ2v) is 12.1. The van der Waals surface area contributed by atoms with Gasteiger partial charge in [-0.1, -0.05) is 91.0 Å². The first kappa shape index (κ1) is 25.8. The van der Waals surface area contributed by atoms with Gasteiger partial charge in [-0.3, -0.25) is 4.99 Å². The van der Waals surface area contributed by atoms with Crippen molar-refractivity contribution >= 4 is 55.3 Å². The van der Waals surface area contributed by atoms with E-state index in [-0.39, 0.29) is 0 Å². The lowest BCUT2D eigenvalue weighted by Gasteiger charge is -2.27. The first-order chi connectivity index (χ1) is 22.2. The van der Waals surface area contributed by atoms with Gasteiger partial charge in [-0.2, -0.15) is 0 Å². The number of rotatable bonds is 4. The molecule has 216 valence electrons. The van der Waals surface area contributed by atoms with Crippen LogP contribution in [0.4, 0.5) is 0 Å². The van der Waals surface area contributed by atoms with Gasteiger partial charge in [0, 0.05) is 33.6 Å². The molecule has 0 spiro atoms. The number of furan rings is 1. The van der Waals surface area contributed by atoms with Crippen LogP contribution in [0.3, 0.4) is 0 Å². The second kappa shape index (κ2) is 9.96. The molecule has 0 amide bonds. The Bertz CT molecular complexity index is 2420. The van der Waals surface area contributed by atoms with Gasteiger partial charge in [-0.05, 0) is 78.9 Å². The molecule has 1 aliphatic heterocycles. The van der Waals surface area contributed by atoms with Crippen molar-refractivity contribution in [2.45, 2.75) is 25.3 Å². The third-order valence-electron chi connectivity index (χ3n) is 9.31. The third kappa shape index (κ3) is 4.10. The molecular formula is C41H31N3O. The Hall–Kier alpha value is -5.61. The van der Waals surface area contributed by atoms with Crippen LogP contribution in [0.15, 0.2) is 149 Å². The summed E-state index contributed by atoms with van der Waals surface area (Å²) in [6.07, 6.45) is 13.1. The largest absolute Gasteiger partial charge is 0.455 e. The average Bonchev–Trinajstić information content (AvgIpc) is 3.64. The van der Waals surface area contributed by atoms with Crippen LogP contribution >= 0.6 is 0 Å². The fourth-order valence-electron chi connectivity index (χ4n) is 7.02. The molecule has 45 heavy (non-hydrogen) atoms. The summed E-state index contributed by atoms with van der Waals surface area (Å²) in [6, 6.07) is 38.8. The molecule has 0 fully saturated rings. The van der Waals surface area contributed by atoms with E-state index < -0.39 is 5.54 Å². The zero-order valence-electron chi connectivity index (χ0n) is 25.0. The summed E-state index contributed by atoms with van der Waals surface area (Å²) < 4.78 is 8.95. The summed E-state index contributed by atoms with van der Waals surface area (Å²) in [5.41, 5.74) is 9.50. The van der Waals surface area contributed by atoms with Gasteiger partial charge in [0.05, 0.1) is 16.4 Å². The van der Waals surface area contributed by atoms with Crippen molar-refractivity contribution in [3.8, 4) is 11.1 Å². The van der Waals surface area contributed by atoms with E-state index in [1.807, 2.05) is 18.3 Å². The minimum Gasteiger partial charge on any atom is -0.455 e. The van der Waals surface area contributed by atoms with Gasteiger partial charge in [-0.15, -0.1) is 0 Å². The molecule has 0 saturated heterocycles. The molecule has 7 aromatic rings. The molecule has 0 radical (unpaired) electrons. The lowest BCUT2D eigenvalue weighted by atomic mass is 9.91. The van der Waals surface area contributed by atoms with E-state index in [9.17, 15) is 0 Å². The van der Waals surface area contributed by atoms with Crippen molar-refractivity contribution in [1.29, 1.82) is 0 Å². The van der Waals surface area contributed by atoms with E-state index in [1.165, 1.54) is 22.2 Å². The van der Waals surface area contributed by atoms with Crippen molar-refractivity contribution in [3.63, 3.8) is 0 Å². The number of para-hydroxylation sites is 1. The van der Waals surface area contributed by atoms with E-state index in [2.05, 4.69) is 138 Å². The number of fused-ring (bicyclic) bond motifs is 7. The van der Waals surface area contributed by atoms with Gasteiger partial charge >= 0.3 is 0 Å². The Balaban J connectivity index is 1.22. The molecule has 9 rings (SSSR count). The Labute approximate surface area is 261 Å². The highest BCUT2D eigenvalue weighted by molar-refractivity contribution is 6.24. The zero-order chi connectivity index (χ0) is 30.0. The number of benzene rings is 5. The normalized spacial score (nSPS) is 18.1. The Kier molecular flexibility index (Phi) is 5.72. The maximum Gasteiger partial charge on any atom is 0.145 e. The standard InChI is InChI=1S/C41H31N3O/c1-41(30-13-4-2-5-14-30)23-24-42-40(43-41)29-12-10-11-27(25-29)28-19-20-34-36(26-28)44(31-15-6-3-7-16-31)35-22-21-33-32-17-8-9-18-37(32)45-39(33)38(34)35/h2,4-6,8-26H,3,7H2,1H3,(H,42,43). The van der Waals surface area contributed by atoms with Gasteiger partial charge in [0.2, 0.25) is 0 Å². The molecular weight excluding hydrogens is 550 g/mol. The minimum absolute atomic E-state index is 0.430. The predicted molar refractivity (Wildman–Crippen MR) is 187 cm³/mol. The van der Waals surface area contributed by atoms with Gasteiger partial charge < -0.3 is 14.3 Å². The maximum atomic E-state index is 6.54. The summed E-state index contributed by atoms with van der Waals surface area (Å²) in [5, 5.41) is 8.06. The Morgan fingerprint density at radius 3 is 2.44 bits per heavy atom. The highest BCUT2D eigenvalue weighted by atomic mass is 16.3. The quantitative estimate of drug-likeness (QED) is 0.225. The number of aromatic nitrogens is 1. The monoisotopic (exact) mass is 581 g/mol.